The highest BCUT2D eigenvalue weighted by atomic mass is 35.5. The van der Waals surface area contributed by atoms with E-state index in [9.17, 15) is 19.8 Å². The maximum absolute atomic E-state index is 13.2. The molecule has 6 rings (SSSR count). The van der Waals surface area contributed by atoms with Crippen LogP contribution in [0.5, 0.6) is 0 Å². The summed E-state index contributed by atoms with van der Waals surface area (Å²) in [5.41, 5.74) is 3.41. The van der Waals surface area contributed by atoms with E-state index in [1.54, 1.807) is 25.0 Å². The number of likely N-dealkylation sites (N-methyl/N-ethyl adjacent to an activating group) is 1. The highest BCUT2D eigenvalue weighted by molar-refractivity contribution is 6.30. The molecule has 0 aliphatic heterocycles. The molecule has 0 heterocycles. The van der Waals surface area contributed by atoms with Crippen LogP contribution in [0.2, 0.25) is 5.02 Å². The Bertz CT molecular complexity index is 1650. The maximum atomic E-state index is 13.2. The average molecular weight is 796 g/mol. The summed E-state index contributed by atoms with van der Waals surface area (Å²) in [6.45, 7) is 23.8. The molecule has 0 bridgehead atoms. The summed E-state index contributed by atoms with van der Waals surface area (Å²) in [6.07, 6.45) is 10.1. The van der Waals surface area contributed by atoms with Crippen molar-refractivity contribution in [2.24, 2.45) is 56.2 Å². The molecule has 5 aliphatic carbocycles. The zero-order valence-corrected chi connectivity index (χ0v) is 37.5. The normalized spacial score (nSPS) is 35.9. The van der Waals surface area contributed by atoms with Crippen molar-refractivity contribution in [2.45, 2.75) is 152 Å². The number of aliphatic carboxylic acids is 1. The number of carbonyl (C=O) groups is 2. The van der Waals surface area contributed by atoms with Crippen LogP contribution in [-0.4, -0.2) is 77.9 Å². The number of allylic oxidation sites excluding steroid dienone is 1. The minimum absolute atomic E-state index is 0.113. The summed E-state index contributed by atoms with van der Waals surface area (Å²) in [6, 6.07) is 8.19. The van der Waals surface area contributed by atoms with Crippen molar-refractivity contribution >= 4 is 23.5 Å². The molecule has 1 aromatic rings. The second-order valence-electron chi connectivity index (χ2n) is 21.7. The van der Waals surface area contributed by atoms with Crippen molar-refractivity contribution in [2.75, 3.05) is 33.7 Å². The molecule has 7 nitrogen and oxygen atoms in total. The summed E-state index contributed by atoms with van der Waals surface area (Å²) in [7, 11) is 4.25. The first-order valence-electron chi connectivity index (χ1n) is 22.0. The monoisotopic (exact) mass is 795 g/mol. The number of hydrogen-bond acceptors (Lipinski definition) is 6. The van der Waals surface area contributed by atoms with Crippen LogP contribution in [0.3, 0.4) is 0 Å². The standard InChI is InChI=1S/C48H75ClN2O5/c1-31(2)34-18-23-48(38(52)30-51(27-26-50(10)11)29-32-12-14-33(49)15-13-32)25-24-46(8)35(41(34)48)16-17-37-45(7)21-20-39(56-40(53)28-43(3,4)42(54)55)44(5,6)36(45)19-22-47(37,46)9/h12-15,31,35-39,52H,16-30H2,1-11H3,(H,54,55)/t35?,36-,37+,38-,39?,45-,46+,47+,48+/m0/s1. The summed E-state index contributed by atoms with van der Waals surface area (Å²) < 4.78 is 6.22. The van der Waals surface area contributed by atoms with Crippen LogP contribution in [0.1, 0.15) is 139 Å². The van der Waals surface area contributed by atoms with Gasteiger partial charge < -0.3 is 19.8 Å². The van der Waals surface area contributed by atoms with Crippen molar-refractivity contribution in [3.8, 4) is 0 Å². The number of carboxylic acids is 1. The van der Waals surface area contributed by atoms with Crippen LogP contribution in [0.4, 0.5) is 0 Å². The van der Waals surface area contributed by atoms with Gasteiger partial charge in [0, 0.05) is 42.0 Å². The Balaban J connectivity index is 1.26. The number of aliphatic hydroxyl groups is 1. The number of ether oxygens (including phenoxy) is 1. The van der Waals surface area contributed by atoms with Crippen molar-refractivity contribution in [3.05, 3.63) is 46.0 Å². The van der Waals surface area contributed by atoms with Crippen molar-refractivity contribution in [1.29, 1.82) is 0 Å². The molecule has 8 heteroatoms. The number of carbonyl (C=O) groups excluding carboxylic acids is 1. The number of nitrogens with zero attached hydrogens (tertiary/aromatic N) is 2. The van der Waals surface area contributed by atoms with Gasteiger partial charge in [0.05, 0.1) is 17.9 Å². The molecule has 9 atom stereocenters. The van der Waals surface area contributed by atoms with Crippen LogP contribution in [-0.2, 0) is 20.9 Å². The summed E-state index contributed by atoms with van der Waals surface area (Å²) >= 11 is 6.26. The lowest BCUT2D eigenvalue weighted by molar-refractivity contribution is -0.235. The molecule has 0 saturated heterocycles. The Hall–Kier alpha value is -1.93. The molecule has 5 aliphatic rings. The number of aliphatic hydroxyl groups excluding tert-OH is 1. The fourth-order valence-electron chi connectivity index (χ4n) is 13.9. The predicted octanol–water partition coefficient (Wildman–Crippen LogP) is 10.3. The second-order valence-corrected chi connectivity index (χ2v) is 22.2. The first-order valence-corrected chi connectivity index (χ1v) is 22.4. The van der Waals surface area contributed by atoms with E-state index < -0.39 is 23.5 Å². The van der Waals surface area contributed by atoms with E-state index in [0.717, 1.165) is 69.6 Å². The van der Waals surface area contributed by atoms with Crippen LogP contribution >= 0.6 is 11.6 Å². The quantitative estimate of drug-likeness (QED) is 0.152. The average Bonchev–Trinajstić information content (AvgIpc) is 3.51. The van der Waals surface area contributed by atoms with Crippen LogP contribution in [0.15, 0.2) is 35.4 Å². The van der Waals surface area contributed by atoms with Crippen molar-refractivity contribution in [1.82, 2.24) is 9.80 Å². The Kier molecular flexibility index (Phi) is 12.2. The van der Waals surface area contributed by atoms with E-state index in [-0.39, 0.29) is 39.6 Å². The van der Waals surface area contributed by atoms with E-state index in [4.69, 9.17) is 16.3 Å². The molecule has 314 valence electrons. The maximum Gasteiger partial charge on any atom is 0.309 e. The van der Waals surface area contributed by atoms with E-state index in [2.05, 4.69) is 84.5 Å². The number of hydrogen-bond donors (Lipinski definition) is 2. The highest BCUT2D eigenvalue weighted by Crippen LogP contribution is 2.77. The number of rotatable bonds is 13. The molecule has 0 aromatic heterocycles. The van der Waals surface area contributed by atoms with Crippen LogP contribution in [0, 0.1) is 56.2 Å². The number of halogens is 1. The van der Waals surface area contributed by atoms with Gasteiger partial charge in [-0.25, -0.2) is 0 Å². The zero-order chi connectivity index (χ0) is 41.2. The van der Waals surface area contributed by atoms with Crippen molar-refractivity contribution in [3.63, 3.8) is 0 Å². The van der Waals surface area contributed by atoms with Gasteiger partial charge in [-0.2, -0.15) is 0 Å². The number of esters is 1. The third-order valence-electron chi connectivity index (χ3n) is 17.4. The Morgan fingerprint density at radius 3 is 2.20 bits per heavy atom. The van der Waals surface area contributed by atoms with Gasteiger partial charge >= 0.3 is 11.9 Å². The Morgan fingerprint density at radius 1 is 0.893 bits per heavy atom. The molecule has 1 aromatic carbocycles. The van der Waals surface area contributed by atoms with Crippen LogP contribution < -0.4 is 0 Å². The third kappa shape index (κ3) is 7.44. The molecule has 4 saturated carbocycles. The number of carboxylic acid groups (broad SMARTS) is 1. The molecule has 0 spiro atoms. The minimum atomic E-state index is -1.15. The molecular formula is C48H75ClN2O5. The van der Waals surface area contributed by atoms with Gasteiger partial charge in [0.1, 0.15) is 6.10 Å². The predicted molar refractivity (Wildman–Crippen MR) is 226 cm³/mol. The topological polar surface area (TPSA) is 90.3 Å². The molecule has 2 N–H and O–H groups in total. The minimum Gasteiger partial charge on any atom is -0.481 e. The lowest BCUT2D eigenvalue weighted by Gasteiger charge is -2.72. The zero-order valence-electron chi connectivity index (χ0n) is 36.8. The molecular weight excluding hydrogens is 720 g/mol. The first-order chi connectivity index (χ1) is 26.0. The fourth-order valence-corrected chi connectivity index (χ4v) is 14.0. The van der Waals surface area contributed by atoms with Gasteiger partial charge in [0.2, 0.25) is 0 Å². The SMILES string of the molecule is CC(C)C1=C2C3CC[C@@H]4[C@@]5(C)CCC(OC(=O)CC(C)(C)C(=O)O)C(C)(C)[C@@H]5CC[C@@]4(C)[C@]3(C)CC[C@@]2([C@@H](O)CN(CCN(C)C)Cc2ccc(Cl)cc2)CC1. The second kappa shape index (κ2) is 15.6. The van der Waals surface area contributed by atoms with Gasteiger partial charge in [-0.3, -0.25) is 14.5 Å². The number of benzene rings is 1. The fraction of sp³-hybridized carbons (Fsp3) is 0.792. The largest absolute Gasteiger partial charge is 0.481 e. The van der Waals surface area contributed by atoms with Gasteiger partial charge in [-0.15, -0.1) is 0 Å². The summed E-state index contributed by atoms with van der Waals surface area (Å²) in [4.78, 5) is 29.7. The molecule has 0 amide bonds. The van der Waals surface area contributed by atoms with Crippen molar-refractivity contribution < 1.29 is 24.5 Å². The first kappa shape index (κ1) is 43.6. The molecule has 2 unspecified atom stereocenters. The van der Waals surface area contributed by atoms with Crippen LogP contribution in [0.25, 0.3) is 0 Å². The lowest BCUT2D eigenvalue weighted by Crippen LogP contribution is -2.66. The smallest absolute Gasteiger partial charge is 0.309 e. The van der Waals surface area contributed by atoms with E-state index in [1.165, 1.54) is 24.8 Å². The Morgan fingerprint density at radius 2 is 1.57 bits per heavy atom. The van der Waals surface area contributed by atoms with Gasteiger partial charge in [0.25, 0.3) is 0 Å². The number of fused-ring (bicyclic) bond motifs is 7. The van der Waals surface area contributed by atoms with E-state index in [1.807, 2.05) is 12.1 Å². The molecule has 4 fully saturated rings. The molecule has 0 radical (unpaired) electrons. The lowest BCUT2D eigenvalue weighted by atomic mass is 9.33. The van der Waals surface area contributed by atoms with E-state index >= 15 is 0 Å². The Labute approximate surface area is 344 Å². The summed E-state index contributed by atoms with van der Waals surface area (Å²) in [5.74, 6) is 0.569. The van der Waals surface area contributed by atoms with Gasteiger partial charge in [-0.05, 0) is 150 Å². The summed E-state index contributed by atoms with van der Waals surface area (Å²) in [5, 5.41) is 23.1. The third-order valence-corrected chi connectivity index (χ3v) is 17.6. The van der Waals surface area contributed by atoms with Gasteiger partial charge in [-0.1, -0.05) is 83.3 Å². The van der Waals surface area contributed by atoms with Gasteiger partial charge in [0.15, 0.2) is 0 Å². The highest BCUT2D eigenvalue weighted by Gasteiger charge is 2.70. The molecule has 56 heavy (non-hydrogen) atoms. The van der Waals surface area contributed by atoms with E-state index in [0.29, 0.717) is 30.2 Å².